The zero-order valence-corrected chi connectivity index (χ0v) is 10.2. The van der Waals surface area contributed by atoms with Crippen LogP contribution in [0.15, 0.2) is 0 Å². The molecule has 0 aromatic rings. The van der Waals surface area contributed by atoms with Crippen molar-refractivity contribution < 1.29 is 9.59 Å². The Morgan fingerprint density at radius 3 is 2.27 bits per heavy atom. The second kappa shape index (κ2) is 8.64. The van der Waals surface area contributed by atoms with Crippen LogP contribution < -0.4 is 16.6 Å². The maximum atomic E-state index is 11.7. The third-order valence-electron chi connectivity index (χ3n) is 2.24. The smallest absolute Gasteiger partial charge is 0.244 e. The first-order valence-electron chi connectivity index (χ1n) is 4.79. The Bertz CT molecular complexity index is 212. The number of nitrogens with two attached hydrogens (primary N) is 1. The van der Waals surface area contributed by atoms with Crippen LogP contribution in [-0.4, -0.2) is 24.8 Å². The van der Waals surface area contributed by atoms with Crippen molar-refractivity contribution in [3.8, 4) is 0 Å². The number of ketones is 1. The molecule has 4 N–H and O–H groups in total. The van der Waals surface area contributed by atoms with Crippen LogP contribution in [-0.2, 0) is 9.59 Å². The number of carbonyl (C=O) groups is 2. The lowest BCUT2D eigenvalue weighted by Crippen LogP contribution is -2.45. The molecule has 2 atom stereocenters. The molecule has 5 nitrogen and oxygen atoms in total. The second-order valence-corrected chi connectivity index (χ2v) is 3.26. The van der Waals surface area contributed by atoms with E-state index in [1.54, 1.807) is 14.0 Å². The predicted octanol–water partition coefficient (Wildman–Crippen LogP) is -0.00860. The van der Waals surface area contributed by atoms with E-state index in [2.05, 4.69) is 5.32 Å². The van der Waals surface area contributed by atoms with Crippen molar-refractivity contribution in [2.75, 3.05) is 7.05 Å². The molecule has 1 unspecified atom stereocenters. The summed E-state index contributed by atoms with van der Waals surface area (Å²) in [5.74, 6) is 3.86. The van der Waals surface area contributed by atoms with Crippen LogP contribution in [0.2, 0.25) is 0 Å². The molecule has 6 heteroatoms. The Labute approximate surface area is 96.5 Å². The highest BCUT2D eigenvalue weighted by Gasteiger charge is 2.27. The van der Waals surface area contributed by atoms with E-state index in [9.17, 15) is 9.59 Å². The van der Waals surface area contributed by atoms with E-state index in [-0.39, 0.29) is 24.2 Å². The molecule has 0 heterocycles. The largest absolute Gasteiger partial charge is 0.311 e. The van der Waals surface area contributed by atoms with E-state index < -0.39 is 11.8 Å². The molecule has 0 aliphatic heterocycles. The van der Waals surface area contributed by atoms with Crippen LogP contribution in [0.5, 0.6) is 0 Å². The summed E-state index contributed by atoms with van der Waals surface area (Å²) in [4.78, 5) is 23.0. The fourth-order valence-electron chi connectivity index (χ4n) is 1.24. The molecule has 15 heavy (non-hydrogen) atoms. The van der Waals surface area contributed by atoms with Crippen LogP contribution in [0.4, 0.5) is 0 Å². The molecule has 90 valence electrons. The fraction of sp³-hybridized carbons (Fsp3) is 0.778. The Morgan fingerprint density at radius 2 is 1.93 bits per heavy atom. The van der Waals surface area contributed by atoms with Gasteiger partial charge in [-0.3, -0.25) is 15.0 Å². The normalized spacial score (nSPS) is 13.6. The Morgan fingerprint density at radius 1 is 1.40 bits per heavy atom. The van der Waals surface area contributed by atoms with Gasteiger partial charge in [0, 0.05) is 0 Å². The number of rotatable bonds is 6. The zero-order chi connectivity index (χ0) is 11.1. The monoisotopic (exact) mass is 237 g/mol. The van der Waals surface area contributed by atoms with Gasteiger partial charge in [-0.25, -0.2) is 5.84 Å². The summed E-state index contributed by atoms with van der Waals surface area (Å²) in [6.07, 6.45) is 1.31. The molecule has 0 aromatic carbocycles. The van der Waals surface area contributed by atoms with Gasteiger partial charge in [0.1, 0.15) is 0 Å². The van der Waals surface area contributed by atoms with Gasteiger partial charge in [0.25, 0.3) is 0 Å². The minimum absolute atomic E-state index is 0. The zero-order valence-electron chi connectivity index (χ0n) is 9.37. The average Bonchev–Trinajstić information content (AvgIpc) is 2.22. The van der Waals surface area contributed by atoms with Crippen molar-refractivity contribution in [2.24, 2.45) is 11.8 Å². The summed E-state index contributed by atoms with van der Waals surface area (Å²) in [5.41, 5.74) is 2.02. The molecule has 0 radical (unpaired) electrons. The topological polar surface area (TPSA) is 84.2 Å². The summed E-state index contributed by atoms with van der Waals surface area (Å²) in [6, 6.07) is -0.316. The van der Waals surface area contributed by atoms with Crippen LogP contribution in [0, 0.1) is 5.92 Å². The van der Waals surface area contributed by atoms with Crippen molar-refractivity contribution in [3.63, 3.8) is 0 Å². The summed E-state index contributed by atoms with van der Waals surface area (Å²) in [6.45, 7) is 3.66. The van der Waals surface area contributed by atoms with Crippen LogP contribution >= 0.6 is 12.4 Å². The highest BCUT2D eigenvalue weighted by Crippen LogP contribution is 2.10. The van der Waals surface area contributed by atoms with Gasteiger partial charge in [-0.15, -0.1) is 12.4 Å². The molecule has 0 aliphatic carbocycles. The van der Waals surface area contributed by atoms with Crippen molar-refractivity contribution in [3.05, 3.63) is 0 Å². The molecule has 0 rings (SSSR count). The van der Waals surface area contributed by atoms with E-state index >= 15 is 0 Å². The van der Waals surface area contributed by atoms with Crippen LogP contribution in [0.25, 0.3) is 0 Å². The number of carbonyl (C=O) groups excluding carboxylic acids is 2. The minimum Gasteiger partial charge on any atom is -0.311 e. The summed E-state index contributed by atoms with van der Waals surface area (Å²) in [7, 11) is 1.69. The molecule has 0 aliphatic rings. The number of Topliss-reactive ketones (excluding diaryl/α,β-unsaturated/α-hetero) is 1. The lowest BCUT2D eigenvalue weighted by molar-refractivity contribution is -0.135. The van der Waals surface area contributed by atoms with E-state index in [0.717, 1.165) is 6.42 Å². The van der Waals surface area contributed by atoms with Gasteiger partial charge < -0.3 is 5.32 Å². The molecular weight excluding hydrogens is 218 g/mol. The Kier molecular flexibility index (Phi) is 9.66. The summed E-state index contributed by atoms with van der Waals surface area (Å²) >= 11 is 0. The molecule has 0 spiro atoms. The molecule has 0 saturated carbocycles. The number of nitrogens with one attached hydrogen (secondary N) is 2. The summed E-state index contributed by atoms with van der Waals surface area (Å²) in [5, 5.41) is 2.81. The number of halogens is 1. The molecule has 0 bridgehead atoms. The minimum atomic E-state index is -0.632. The molecular formula is C9H20ClN3O2. The number of hydrogen-bond donors (Lipinski definition) is 3. The van der Waals surface area contributed by atoms with E-state index in [1.807, 2.05) is 12.3 Å². The average molecular weight is 238 g/mol. The highest BCUT2D eigenvalue weighted by atomic mass is 35.5. The first-order chi connectivity index (χ1) is 6.58. The van der Waals surface area contributed by atoms with E-state index in [0.29, 0.717) is 6.42 Å². The molecule has 0 aromatic heterocycles. The van der Waals surface area contributed by atoms with Crippen molar-refractivity contribution >= 4 is 24.1 Å². The fourth-order valence-corrected chi connectivity index (χ4v) is 1.24. The number of amides is 1. The predicted molar refractivity (Wildman–Crippen MR) is 61.5 cm³/mol. The lowest BCUT2D eigenvalue weighted by atomic mass is 9.94. The van der Waals surface area contributed by atoms with Gasteiger partial charge in [0.2, 0.25) is 5.91 Å². The second-order valence-electron chi connectivity index (χ2n) is 3.26. The third-order valence-corrected chi connectivity index (χ3v) is 2.24. The van der Waals surface area contributed by atoms with Crippen molar-refractivity contribution in [2.45, 2.75) is 32.7 Å². The molecule has 0 saturated heterocycles. The Balaban J connectivity index is 0. The third kappa shape index (κ3) is 5.11. The lowest BCUT2D eigenvalue weighted by Gasteiger charge is -2.17. The SMILES string of the molecule is CCCC(C(=O)NN)C(=O)[C@H](C)NC.Cl. The van der Waals surface area contributed by atoms with Gasteiger partial charge >= 0.3 is 0 Å². The standard InChI is InChI=1S/C9H19N3O2.ClH/c1-4-5-7(9(14)12-10)8(13)6(2)11-3;/h6-7,11H,4-5,10H2,1-3H3,(H,12,14);1H/t6-,7?;/m0./s1. The first kappa shape index (κ1) is 16.8. The quantitative estimate of drug-likeness (QED) is 0.263. The van der Waals surface area contributed by atoms with Crippen molar-refractivity contribution in [1.29, 1.82) is 0 Å². The van der Waals surface area contributed by atoms with Gasteiger partial charge in [0.05, 0.1) is 12.0 Å². The number of likely N-dealkylation sites (N-methyl/N-ethyl adjacent to an activating group) is 1. The van der Waals surface area contributed by atoms with E-state index in [4.69, 9.17) is 5.84 Å². The van der Waals surface area contributed by atoms with Crippen LogP contribution in [0.1, 0.15) is 26.7 Å². The van der Waals surface area contributed by atoms with Gasteiger partial charge in [-0.1, -0.05) is 13.3 Å². The van der Waals surface area contributed by atoms with Crippen molar-refractivity contribution in [1.82, 2.24) is 10.7 Å². The maximum absolute atomic E-state index is 11.7. The Hall–Kier alpha value is -0.650. The highest BCUT2D eigenvalue weighted by molar-refractivity contribution is 6.03. The first-order valence-corrected chi connectivity index (χ1v) is 4.79. The summed E-state index contributed by atoms with van der Waals surface area (Å²) < 4.78 is 0. The van der Waals surface area contributed by atoms with E-state index in [1.165, 1.54) is 0 Å². The maximum Gasteiger partial charge on any atom is 0.244 e. The molecule has 0 fully saturated rings. The molecule has 1 amide bonds. The van der Waals surface area contributed by atoms with Crippen LogP contribution in [0.3, 0.4) is 0 Å². The number of hydrazine groups is 1. The van der Waals surface area contributed by atoms with Gasteiger partial charge in [-0.05, 0) is 20.4 Å². The van der Waals surface area contributed by atoms with Gasteiger partial charge in [0.15, 0.2) is 5.78 Å². The number of hydrogen-bond acceptors (Lipinski definition) is 4. The van der Waals surface area contributed by atoms with Gasteiger partial charge in [-0.2, -0.15) is 0 Å².